The van der Waals surface area contributed by atoms with E-state index in [0.29, 0.717) is 0 Å². The second-order valence-corrected chi connectivity index (χ2v) is 21.3. The molecule has 8 rings (SSSR count). The fraction of sp³-hybridized carbons (Fsp3) is 0.143. The first-order chi connectivity index (χ1) is 22.4. The van der Waals surface area contributed by atoms with Gasteiger partial charge >= 0.3 is 41.9 Å². The van der Waals surface area contributed by atoms with E-state index in [1.54, 1.807) is 23.3 Å². The smallest absolute Gasteiger partial charge is 1.00 e. The Hall–Kier alpha value is -3.40. The molecule has 6 heteroatoms. The summed E-state index contributed by atoms with van der Waals surface area (Å²) >= 11 is 1.74. The van der Waals surface area contributed by atoms with Crippen molar-refractivity contribution in [2.24, 2.45) is 0 Å². The van der Waals surface area contributed by atoms with Gasteiger partial charge in [0.15, 0.2) is 0 Å². The molecule has 2 aromatic heterocycles. The Balaban J connectivity index is 0.000000188. The third-order valence-electron chi connectivity index (χ3n) is 8.24. The van der Waals surface area contributed by atoms with Gasteiger partial charge in [0.1, 0.15) is 0 Å². The zero-order chi connectivity index (χ0) is 32.0. The van der Waals surface area contributed by atoms with Gasteiger partial charge in [-0.15, -0.1) is 69.1 Å². The van der Waals surface area contributed by atoms with Gasteiger partial charge in [0.05, 0.1) is 11.0 Å². The van der Waals surface area contributed by atoms with E-state index in [1.165, 1.54) is 65.7 Å². The maximum atomic E-state index is 4.56. The Kier molecular flexibility index (Phi) is 13.5. The van der Waals surface area contributed by atoms with Crippen molar-refractivity contribution < 1.29 is 48.1 Å². The van der Waals surface area contributed by atoms with Gasteiger partial charge < -0.3 is 24.8 Å². The van der Waals surface area contributed by atoms with Crippen LogP contribution in [-0.2, 0) is 36.2 Å². The standard InChI is InChI=1S/2C20H16N.C2H6Si.2ClH.Zr/c2*1-2-14-11-16-8-9-17(13-18(16)12-14)19-7-3-5-15-6-4-10-21-20(15)19;1-3-2;;;/h2*3-13H,2H2,1H3;1-2H3;2*1H;/q2*-1;;;;+2/p-2. The Morgan fingerprint density at radius 2 is 0.938 bits per heavy atom. The van der Waals surface area contributed by atoms with Crippen LogP contribution in [0.25, 0.3) is 65.6 Å². The topological polar surface area (TPSA) is 25.8 Å². The van der Waals surface area contributed by atoms with Gasteiger partial charge in [0.2, 0.25) is 0 Å². The van der Waals surface area contributed by atoms with Gasteiger partial charge in [-0.2, -0.15) is 12.1 Å². The minimum absolute atomic E-state index is 0. The Labute approximate surface area is 311 Å². The number of aryl methyl sites for hydroxylation is 2. The van der Waals surface area contributed by atoms with Crippen molar-refractivity contribution in [3.63, 3.8) is 0 Å². The normalized spacial score (nSPS) is 10.5. The molecule has 0 aliphatic carbocycles. The predicted molar refractivity (Wildman–Crippen MR) is 197 cm³/mol. The molecule has 0 N–H and O–H groups in total. The van der Waals surface area contributed by atoms with Crippen LogP contribution >= 0.6 is 0 Å². The molecular weight excluding hydrogens is 723 g/mol. The van der Waals surface area contributed by atoms with Crippen LogP contribution in [0.2, 0.25) is 13.1 Å². The number of rotatable bonds is 4. The predicted octanol–water partition coefficient (Wildman–Crippen LogP) is 5.46. The molecule has 240 valence electrons. The zero-order valence-corrected chi connectivity index (χ0v) is 32.7. The zero-order valence-electron chi connectivity index (χ0n) is 27.8. The Morgan fingerprint density at radius 3 is 1.33 bits per heavy atom. The van der Waals surface area contributed by atoms with Crippen LogP contribution in [0.3, 0.4) is 0 Å². The molecule has 0 aliphatic rings. The number of para-hydroxylation sites is 2. The number of pyridine rings is 2. The molecule has 0 fully saturated rings. The largest absolute Gasteiger partial charge is 1.00 e. The molecule has 0 saturated heterocycles. The van der Waals surface area contributed by atoms with Gasteiger partial charge in [-0.25, -0.2) is 0 Å². The summed E-state index contributed by atoms with van der Waals surface area (Å²) in [5.74, 6) is 0. The summed E-state index contributed by atoms with van der Waals surface area (Å²) in [6, 6.07) is 43.5. The molecule has 0 amide bonds. The van der Waals surface area contributed by atoms with Crippen LogP contribution in [0.4, 0.5) is 0 Å². The number of nitrogens with zero attached hydrogens (tertiary/aromatic N) is 2. The van der Waals surface area contributed by atoms with Crippen LogP contribution < -0.4 is 24.8 Å². The van der Waals surface area contributed by atoms with Crippen molar-refractivity contribution >= 4 is 48.8 Å². The quantitative estimate of drug-likeness (QED) is 0.176. The summed E-state index contributed by atoms with van der Waals surface area (Å²) in [6.07, 6.45) is 5.89. The molecule has 2 heterocycles. The average molecular weight is 761 g/mol. The molecular formula is C42H38Cl2N2SiZr-2. The van der Waals surface area contributed by atoms with Crippen molar-refractivity contribution in [2.75, 3.05) is 0 Å². The van der Waals surface area contributed by atoms with Gasteiger partial charge in [-0.3, -0.25) is 9.97 Å². The van der Waals surface area contributed by atoms with Gasteiger partial charge in [0, 0.05) is 23.2 Å². The van der Waals surface area contributed by atoms with E-state index in [9.17, 15) is 0 Å². The van der Waals surface area contributed by atoms with Crippen molar-refractivity contribution in [1.82, 2.24) is 9.97 Å². The Morgan fingerprint density at radius 1 is 0.542 bits per heavy atom. The monoisotopic (exact) mass is 758 g/mol. The molecule has 0 atom stereocenters. The maximum absolute atomic E-state index is 4.56. The van der Waals surface area contributed by atoms with E-state index in [0.717, 1.165) is 23.9 Å². The van der Waals surface area contributed by atoms with Crippen LogP contribution in [-0.4, -0.2) is 15.4 Å². The van der Waals surface area contributed by atoms with E-state index in [1.807, 2.05) is 24.5 Å². The molecule has 0 spiro atoms. The number of aromatic nitrogens is 2. The summed E-state index contributed by atoms with van der Waals surface area (Å²) in [7, 11) is 0. The van der Waals surface area contributed by atoms with E-state index in [2.05, 4.69) is 146 Å². The molecule has 6 aromatic carbocycles. The number of fused-ring (bicyclic) bond motifs is 4. The molecule has 0 bridgehead atoms. The average Bonchev–Trinajstić information content (AvgIpc) is 3.71. The molecule has 0 unspecified atom stereocenters. The third kappa shape index (κ3) is 8.60. The van der Waals surface area contributed by atoms with E-state index in [4.69, 9.17) is 0 Å². The third-order valence-corrected chi connectivity index (χ3v) is 8.24. The second kappa shape index (κ2) is 17.3. The van der Waals surface area contributed by atoms with Gasteiger partial charge in [-0.1, -0.05) is 85.6 Å². The fourth-order valence-corrected chi connectivity index (χ4v) is 5.96. The minimum atomic E-state index is 0. The van der Waals surface area contributed by atoms with Crippen molar-refractivity contribution in [1.29, 1.82) is 0 Å². The molecule has 2 nitrogen and oxygen atoms in total. The maximum Gasteiger partial charge on any atom is -1.00 e. The van der Waals surface area contributed by atoms with Crippen LogP contribution in [0.1, 0.15) is 25.0 Å². The first-order valence-electron chi connectivity index (χ1n) is 16.0. The summed E-state index contributed by atoms with van der Waals surface area (Å²) in [5, 5.41) is 7.65. The molecule has 0 saturated carbocycles. The van der Waals surface area contributed by atoms with Crippen LogP contribution in [0.15, 0.2) is 134 Å². The summed E-state index contributed by atoms with van der Waals surface area (Å²) in [4.78, 5) is 9.12. The Bertz CT molecular complexity index is 2130. The molecule has 0 radical (unpaired) electrons. The first kappa shape index (κ1) is 37.4. The van der Waals surface area contributed by atoms with E-state index >= 15 is 0 Å². The first-order valence-corrected chi connectivity index (χ1v) is 22.2. The summed E-state index contributed by atoms with van der Waals surface area (Å²) in [6.45, 7) is 9.01. The number of benzene rings is 4. The van der Waals surface area contributed by atoms with Crippen molar-refractivity contribution in [2.45, 2.75) is 39.8 Å². The van der Waals surface area contributed by atoms with E-state index in [-0.39, 0.29) is 30.2 Å². The second-order valence-electron chi connectivity index (χ2n) is 11.9. The van der Waals surface area contributed by atoms with Crippen molar-refractivity contribution in [3.05, 3.63) is 145 Å². The van der Waals surface area contributed by atoms with Crippen molar-refractivity contribution in [3.8, 4) is 22.3 Å². The summed E-state index contributed by atoms with van der Waals surface area (Å²) < 4.78 is 0. The molecule has 0 aliphatic heterocycles. The van der Waals surface area contributed by atoms with E-state index < -0.39 is 0 Å². The summed E-state index contributed by atoms with van der Waals surface area (Å²) in [5.41, 5.74) is 10.0. The van der Waals surface area contributed by atoms with Gasteiger partial charge in [0.25, 0.3) is 0 Å². The number of hydrogen-bond donors (Lipinski definition) is 0. The number of halogens is 2. The number of hydrogen-bond acceptors (Lipinski definition) is 2. The molecule has 48 heavy (non-hydrogen) atoms. The van der Waals surface area contributed by atoms with Gasteiger partial charge in [-0.05, 0) is 36.1 Å². The fourth-order valence-electron chi connectivity index (χ4n) is 5.96. The minimum Gasteiger partial charge on any atom is -1.00 e. The van der Waals surface area contributed by atoms with Crippen LogP contribution in [0.5, 0.6) is 0 Å². The molecule has 8 aromatic rings. The SMILES string of the molecule is CCc1cc2ccc(-c3cccc4cccnc34)cc2[cH-]1.CCc1cc2ccc(-c3cccc4cccnc34)cc2[cH-]1.C[Si](C)=[Zr+2].[Cl-].[Cl-]. The van der Waals surface area contributed by atoms with Crippen LogP contribution in [0, 0.1) is 0 Å².